The first-order valence-corrected chi connectivity index (χ1v) is 7.23. The Hall–Kier alpha value is -2.05. The van der Waals surface area contributed by atoms with E-state index in [9.17, 15) is 18.0 Å². The number of hydrogen-bond acceptors (Lipinski definition) is 3. The Morgan fingerprint density at radius 1 is 1.30 bits per heavy atom. The minimum atomic E-state index is -4.34. The van der Waals surface area contributed by atoms with Crippen molar-refractivity contribution in [2.45, 2.75) is 33.4 Å². The van der Waals surface area contributed by atoms with Gasteiger partial charge in [0.25, 0.3) is 0 Å². The van der Waals surface area contributed by atoms with Crippen molar-refractivity contribution in [2.24, 2.45) is 4.99 Å². The van der Waals surface area contributed by atoms with Crippen LogP contribution in [0.4, 0.5) is 18.9 Å². The molecule has 0 heterocycles. The van der Waals surface area contributed by atoms with Crippen molar-refractivity contribution in [3.8, 4) is 0 Å². The monoisotopic (exact) mass is 330 g/mol. The van der Waals surface area contributed by atoms with Crippen LogP contribution < -0.4 is 0 Å². The maximum absolute atomic E-state index is 12.1. The molecule has 1 aromatic rings. The van der Waals surface area contributed by atoms with Gasteiger partial charge in [0, 0.05) is 13.6 Å². The van der Waals surface area contributed by atoms with Crippen molar-refractivity contribution in [2.75, 3.05) is 20.2 Å². The van der Waals surface area contributed by atoms with E-state index in [1.807, 2.05) is 18.9 Å². The fourth-order valence-electron chi connectivity index (χ4n) is 1.74. The van der Waals surface area contributed by atoms with Crippen LogP contribution in [0.2, 0.25) is 0 Å². The number of aryl methyl sites for hydroxylation is 2. The zero-order chi connectivity index (χ0) is 17.6. The summed E-state index contributed by atoms with van der Waals surface area (Å²) in [7, 11) is 1.89. The summed E-state index contributed by atoms with van der Waals surface area (Å²) in [6.07, 6.45) is -3.80. The van der Waals surface area contributed by atoms with E-state index in [0.29, 0.717) is 11.3 Å². The van der Waals surface area contributed by atoms with Crippen LogP contribution in [0.25, 0.3) is 0 Å². The number of ether oxygens (including phenoxy) is 1. The summed E-state index contributed by atoms with van der Waals surface area (Å²) in [6, 6.07) is 3.31. The highest BCUT2D eigenvalue weighted by atomic mass is 19.4. The highest BCUT2D eigenvalue weighted by Gasteiger charge is 2.27. The van der Waals surface area contributed by atoms with Gasteiger partial charge in [-0.1, -0.05) is 0 Å². The number of esters is 1. The normalized spacial score (nSPS) is 11.8. The number of alkyl halides is 3. The van der Waals surface area contributed by atoms with Gasteiger partial charge in [-0.15, -0.1) is 0 Å². The van der Waals surface area contributed by atoms with E-state index < -0.39 is 25.2 Å². The van der Waals surface area contributed by atoms with Crippen molar-refractivity contribution in [3.05, 3.63) is 28.8 Å². The molecule has 23 heavy (non-hydrogen) atoms. The van der Waals surface area contributed by atoms with Crippen molar-refractivity contribution in [3.63, 3.8) is 0 Å². The summed E-state index contributed by atoms with van der Waals surface area (Å²) in [6.45, 7) is 5.60. The van der Waals surface area contributed by atoms with Gasteiger partial charge in [-0.25, -0.2) is 9.79 Å². The minimum Gasteiger partial charge on any atom is -0.462 e. The molecular formula is C16H21F3N2O2. The first-order valence-electron chi connectivity index (χ1n) is 7.23. The highest BCUT2D eigenvalue weighted by molar-refractivity contribution is 5.92. The predicted octanol–water partition coefficient (Wildman–Crippen LogP) is 4.02. The van der Waals surface area contributed by atoms with Gasteiger partial charge < -0.3 is 9.64 Å². The quantitative estimate of drug-likeness (QED) is 0.449. The standard InChI is InChI=1S/C16H21F3N2O2/c1-5-21(4)10-20-14-9-11(2)13(8-12(14)3)15(22)23-7-6-16(17,18)19/h8-10H,5-7H2,1-4H3. The third-order valence-electron chi connectivity index (χ3n) is 3.27. The number of nitrogens with zero attached hydrogens (tertiary/aromatic N) is 2. The van der Waals surface area contributed by atoms with Gasteiger partial charge in [0.1, 0.15) is 6.61 Å². The largest absolute Gasteiger partial charge is 0.462 e. The lowest BCUT2D eigenvalue weighted by molar-refractivity contribution is -0.141. The van der Waals surface area contributed by atoms with E-state index >= 15 is 0 Å². The van der Waals surface area contributed by atoms with E-state index in [4.69, 9.17) is 0 Å². The molecule has 0 aromatic heterocycles. The van der Waals surface area contributed by atoms with Crippen molar-refractivity contribution >= 4 is 18.0 Å². The number of rotatable bonds is 6. The first kappa shape index (κ1) is 19.0. The van der Waals surface area contributed by atoms with Crippen LogP contribution in [0, 0.1) is 13.8 Å². The first-order chi connectivity index (χ1) is 10.6. The number of hydrogen-bond donors (Lipinski definition) is 0. The minimum absolute atomic E-state index is 0.257. The van der Waals surface area contributed by atoms with Crippen molar-refractivity contribution in [1.29, 1.82) is 0 Å². The van der Waals surface area contributed by atoms with Crippen molar-refractivity contribution < 1.29 is 22.7 Å². The van der Waals surface area contributed by atoms with Gasteiger partial charge in [0.05, 0.1) is 24.0 Å². The molecule has 0 saturated carbocycles. The molecule has 0 unspecified atom stereocenters. The smallest absolute Gasteiger partial charge is 0.392 e. The van der Waals surface area contributed by atoms with Crippen LogP contribution >= 0.6 is 0 Å². The molecular weight excluding hydrogens is 309 g/mol. The molecule has 0 radical (unpaired) electrons. The molecule has 0 atom stereocenters. The Labute approximate surface area is 134 Å². The number of aliphatic imine (C=N–C) groups is 1. The van der Waals surface area contributed by atoms with Crippen LogP contribution in [0.3, 0.4) is 0 Å². The predicted molar refractivity (Wildman–Crippen MR) is 83.3 cm³/mol. The molecule has 0 aliphatic heterocycles. The Morgan fingerprint density at radius 2 is 1.96 bits per heavy atom. The Balaban J connectivity index is 2.83. The molecule has 0 bridgehead atoms. The molecule has 0 N–H and O–H groups in total. The summed E-state index contributed by atoms with van der Waals surface area (Å²) in [5.41, 5.74) is 2.32. The number of benzene rings is 1. The fraction of sp³-hybridized carbons (Fsp3) is 0.500. The van der Waals surface area contributed by atoms with E-state index in [0.717, 1.165) is 12.1 Å². The Kier molecular flexibility index (Phi) is 6.60. The van der Waals surface area contributed by atoms with E-state index in [2.05, 4.69) is 9.73 Å². The SMILES string of the molecule is CCN(C)C=Nc1cc(C)c(C(=O)OCCC(F)(F)F)cc1C. The van der Waals surface area contributed by atoms with Gasteiger partial charge in [-0.2, -0.15) is 13.2 Å². The van der Waals surface area contributed by atoms with Gasteiger partial charge in [-0.05, 0) is 44.0 Å². The number of carbonyl (C=O) groups is 1. The van der Waals surface area contributed by atoms with Crippen LogP contribution in [0.1, 0.15) is 34.8 Å². The zero-order valence-corrected chi connectivity index (χ0v) is 13.7. The molecule has 0 aliphatic carbocycles. The molecule has 7 heteroatoms. The maximum Gasteiger partial charge on any atom is 0.392 e. The molecule has 0 fully saturated rings. The van der Waals surface area contributed by atoms with Gasteiger partial charge in [0.2, 0.25) is 0 Å². The molecule has 4 nitrogen and oxygen atoms in total. The average Bonchev–Trinajstić information content (AvgIpc) is 2.45. The molecule has 0 spiro atoms. The van der Waals surface area contributed by atoms with E-state index in [1.54, 1.807) is 32.3 Å². The lowest BCUT2D eigenvalue weighted by Gasteiger charge is -2.12. The highest BCUT2D eigenvalue weighted by Crippen LogP contribution is 2.24. The molecule has 0 saturated heterocycles. The summed E-state index contributed by atoms with van der Waals surface area (Å²) in [5, 5.41) is 0. The van der Waals surface area contributed by atoms with Crippen LogP contribution in [-0.2, 0) is 4.74 Å². The number of carbonyl (C=O) groups excluding carboxylic acids is 1. The van der Waals surface area contributed by atoms with Crippen LogP contribution in [0.5, 0.6) is 0 Å². The molecule has 0 aliphatic rings. The summed E-state index contributed by atoms with van der Waals surface area (Å²) < 4.78 is 40.9. The lowest BCUT2D eigenvalue weighted by atomic mass is 10.0. The topological polar surface area (TPSA) is 41.9 Å². The van der Waals surface area contributed by atoms with Gasteiger partial charge in [-0.3, -0.25) is 0 Å². The number of halogens is 3. The van der Waals surface area contributed by atoms with Crippen LogP contribution in [0.15, 0.2) is 17.1 Å². The molecule has 128 valence electrons. The molecule has 1 rings (SSSR count). The Bertz CT molecular complexity index is 583. The van der Waals surface area contributed by atoms with Gasteiger partial charge in [0.15, 0.2) is 0 Å². The second-order valence-corrected chi connectivity index (χ2v) is 5.27. The van der Waals surface area contributed by atoms with Crippen molar-refractivity contribution in [1.82, 2.24) is 4.90 Å². The summed E-state index contributed by atoms with van der Waals surface area (Å²) in [5.74, 6) is -0.754. The summed E-state index contributed by atoms with van der Waals surface area (Å²) in [4.78, 5) is 18.1. The summed E-state index contributed by atoms with van der Waals surface area (Å²) >= 11 is 0. The third kappa shape index (κ3) is 6.30. The Morgan fingerprint density at radius 3 is 2.52 bits per heavy atom. The second kappa shape index (κ2) is 7.99. The molecule has 1 aromatic carbocycles. The second-order valence-electron chi connectivity index (χ2n) is 5.27. The fourth-order valence-corrected chi connectivity index (χ4v) is 1.74. The zero-order valence-electron chi connectivity index (χ0n) is 13.7. The van der Waals surface area contributed by atoms with Gasteiger partial charge >= 0.3 is 12.1 Å². The average molecular weight is 330 g/mol. The maximum atomic E-state index is 12.1. The van der Waals surface area contributed by atoms with E-state index in [1.165, 1.54) is 0 Å². The van der Waals surface area contributed by atoms with E-state index in [-0.39, 0.29) is 5.56 Å². The lowest BCUT2D eigenvalue weighted by Crippen LogP contribution is -2.15. The molecule has 0 amide bonds. The third-order valence-corrected chi connectivity index (χ3v) is 3.27. The van der Waals surface area contributed by atoms with Crippen LogP contribution in [-0.4, -0.2) is 43.6 Å².